The molecule has 0 aliphatic carbocycles. The highest BCUT2D eigenvalue weighted by Gasteiger charge is 2.21. The van der Waals surface area contributed by atoms with Gasteiger partial charge in [0.05, 0.1) is 5.69 Å². The second-order valence-corrected chi connectivity index (χ2v) is 6.91. The van der Waals surface area contributed by atoms with Crippen LogP contribution in [0, 0.1) is 6.92 Å². The zero-order valence-corrected chi connectivity index (χ0v) is 15.6. The Morgan fingerprint density at radius 1 is 1.22 bits per heavy atom. The van der Waals surface area contributed by atoms with E-state index in [9.17, 15) is 9.59 Å². The van der Waals surface area contributed by atoms with Crippen molar-refractivity contribution in [1.82, 2.24) is 9.80 Å². The number of aryl methyl sites for hydroxylation is 1. The van der Waals surface area contributed by atoms with E-state index < -0.39 is 0 Å². The highest BCUT2D eigenvalue weighted by molar-refractivity contribution is 9.10. The van der Waals surface area contributed by atoms with E-state index in [1.165, 1.54) is 6.92 Å². The van der Waals surface area contributed by atoms with Gasteiger partial charge in [0.25, 0.3) is 0 Å². The van der Waals surface area contributed by atoms with Crippen molar-refractivity contribution >= 4 is 33.4 Å². The molecule has 1 saturated heterocycles. The predicted octanol–water partition coefficient (Wildman–Crippen LogP) is 2.27. The van der Waals surface area contributed by atoms with Gasteiger partial charge in [-0.2, -0.15) is 0 Å². The summed E-state index contributed by atoms with van der Waals surface area (Å²) in [6.45, 7) is 7.29. The first-order chi connectivity index (χ1) is 10.9. The molecule has 0 bridgehead atoms. The average Bonchev–Trinajstić information content (AvgIpc) is 2.49. The lowest BCUT2D eigenvalue weighted by Crippen LogP contribution is -2.47. The van der Waals surface area contributed by atoms with Crippen molar-refractivity contribution in [2.75, 3.05) is 44.7 Å². The number of hydrogen-bond donors (Lipinski definition) is 0. The zero-order chi connectivity index (χ0) is 17.0. The van der Waals surface area contributed by atoms with E-state index in [-0.39, 0.29) is 11.8 Å². The predicted molar refractivity (Wildman–Crippen MR) is 95.6 cm³/mol. The summed E-state index contributed by atoms with van der Waals surface area (Å²) in [6.07, 6.45) is 0.351. The molecule has 0 radical (unpaired) electrons. The summed E-state index contributed by atoms with van der Waals surface area (Å²) in [4.78, 5) is 30.1. The molecule has 0 spiro atoms. The maximum absolute atomic E-state index is 12.4. The van der Waals surface area contributed by atoms with Crippen molar-refractivity contribution in [3.63, 3.8) is 0 Å². The van der Waals surface area contributed by atoms with Gasteiger partial charge in [-0.05, 0) is 47.6 Å². The Hall–Kier alpha value is -1.40. The third-order valence-electron chi connectivity index (χ3n) is 4.18. The van der Waals surface area contributed by atoms with E-state index in [2.05, 4.69) is 27.9 Å². The van der Waals surface area contributed by atoms with Gasteiger partial charge in [0.15, 0.2) is 0 Å². The summed E-state index contributed by atoms with van der Waals surface area (Å²) in [7, 11) is 2.06. The summed E-state index contributed by atoms with van der Waals surface area (Å²) in [5.74, 6) is 0.0633. The van der Waals surface area contributed by atoms with Gasteiger partial charge in [-0.1, -0.05) is 6.07 Å². The molecule has 2 amide bonds. The number of carbonyl (C=O) groups excluding carboxylic acids is 2. The molecule has 126 valence electrons. The number of anilines is 1. The number of amides is 2. The first-order valence-electron chi connectivity index (χ1n) is 7.89. The van der Waals surface area contributed by atoms with E-state index in [0.29, 0.717) is 13.0 Å². The minimum atomic E-state index is -0.0549. The molecule has 1 aromatic rings. The molecule has 0 atom stereocenters. The lowest BCUT2D eigenvalue weighted by Gasteiger charge is -2.33. The monoisotopic (exact) mass is 381 g/mol. The minimum Gasteiger partial charge on any atom is -0.340 e. The Bertz CT molecular complexity index is 583. The number of benzene rings is 1. The number of rotatable bonds is 4. The van der Waals surface area contributed by atoms with Crippen LogP contribution in [0.1, 0.15) is 18.9 Å². The molecule has 0 unspecified atom stereocenters. The lowest BCUT2D eigenvalue weighted by molar-refractivity contribution is -0.132. The van der Waals surface area contributed by atoms with Crippen molar-refractivity contribution < 1.29 is 9.59 Å². The first-order valence-corrected chi connectivity index (χ1v) is 8.68. The minimum absolute atomic E-state index is 0.0549. The van der Waals surface area contributed by atoms with Gasteiger partial charge in [-0.25, -0.2) is 0 Å². The Balaban J connectivity index is 2.00. The SMILES string of the molecule is CC(=O)N(CCC(=O)N1CCN(C)CC1)c1ccc(C)cc1Br. The van der Waals surface area contributed by atoms with Crippen LogP contribution < -0.4 is 4.90 Å². The molecule has 6 heteroatoms. The summed E-state index contributed by atoms with van der Waals surface area (Å²) in [5.41, 5.74) is 1.94. The van der Waals surface area contributed by atoms with Crippen LogP contribution in [-0.2, 0) is 9.59 Å². The molecule has 1 aromatic carbocycles. The zero-order valence-electron chi connectivity index (χ0n) is 14.0. The number of likely N-dealkylation sites (N-methyl/N-ethyl adjacent to an activating group) is 1. The van der Waals surface area contributed by atoms with Crippen molar-refractivity contribution in [1.29, 1.82) is 0 Å². The molecule has 0 aromatic heterocycles. The van der Waals surface area contributed by atoms with Gasteiger partial charge in [0.1, 0.15) is 0 Å². The highest BCUT2D eigenvalue weighted by Crippen LogP contribution is 2.27. The smallest absolute Gasteiger partial charge is 0.224 e. The quantitative estimate of drug-likeness (QED) is 0.803. The fourth-order valence-corrected chi connectivity index (χ4v) is 3.41. The lowest BCUT2D eigenvalue weighted by atomic mass is 10.2. The standard InChI is InChI=1S/C17H24BrN3O2/c1-13-4-5-16(15(18)12-13)21(14(2)22)7-6-17(23)20-10-8-19(3)9-11-20/h4-5,12H,6-11H2,1-3H3. The van der Waals surface area contributed by atoms with E-state index in [0.717, 1.165) is 41.9 Å². The molecule has 1 heterocycles. The van der Waals surface area contributed by atoms with Crippen LogP contribution in [0.2, 0.25) is 0 Å². The van der Waals surface area contributed by atoms with Crippen LogP contribution in [0.3, 0.4) is 0 Å². The van der Waals surface area contributed by atoms with Gasteiger partial charge >= 0.3 is 0 Å². The van der Waals surface area contributed by atoms with Gasteiger partial charge in [-0.15, -0.1) is 0 Å². The van der Waals surface area contributed by atoms with Crippen LogP contribution in [0.4, 0.5) is 5.69 Å². The second-order valence-electron chi connectivity index (χ2n) is 6.06. The Morgan fingerprint density at radius 3 is 2.43 bits per heavy atom. The molecular formula is C17H24BrN3O2. The molecule has 1 aliphatic rings. The fourth-order valence-electron chi connectivity index (χ4n) is 2.70. The third-order valence-corrected chi connectivity index (χ3v) is 4.81. The van der Waals surface area contributed by atoms with Gasteiger partial charge in [0, 0.05) is 50.5 Å². The van der Waals surface area contributed by atoms with Crippen LogP contribution in [0.5, 0.6) is 0 Å². The third kappa shape index (κ3) is 4.78. The summed E-state index contributed by atoms with van der Waals surface area (Å²) in [6, 6.07) is 5.87. The summed E-state index contributed by atoms with van der Waals surface area (Å²) >= 11 is 3.51. The molecule has 1 fully saturated rings. The number of piperazine rings is 1. The number of carbonyl (C=O) groups is 2. The highest BCUT2D eigenvalue weighted by atomic mass is 79.9. The molecular weight excluding hydrogens is 358 g/mol. The topological polar surface area (TPSA) is 43.9 Å². The van der Waals surface area contributed by atoms with Crippen LogP contribution >= 0.6 is 15.9 Å². The Kier molecular flexibility index (Phi) is 6.18. The molecule has 0 saturated carbocycles. The van der Waals surface area contributed by atoms with E-state index in [4.69, 9.17) is 0 Å². The van der Waals surface area contributed by atoms with Crippen molar-refractivity contribution in [2.24, 2.45) is 0 Å². The van der Waals surface area contributed by atoms with Gasteiger partial charge in [0.2, 0.25) is 11.8 Å². The van der Waals surface area contributed by atoms with Crippen molar-refractivity contribution in [3.8, 4) is 0 Å². The largest absolute Gasteiger partial charge is 0.340 e. The molecule has 1 aliphatic heterocycles. The van der Waals surface area contributed by atoms with E-state index in [1.54, 1.807) is 4.90 Å². The maximum Gasteiger partial charge on any atom is 0.224 e. The Morgan fingerprint density at radius 2 is 1.87 bits per heavy atom. The normalized spacial score (nSPS) is 15.6. The number of nitrogens with zero attached hydrogens (tertiary/aromatic N) is 3. The molecule has 23 heavy (non-hydrogen) atoms. The van der Waals surface area contributed by atoms with E-state index in [1.807, 2.05) is 30.0 Å². The first kappa shape index (κ1) is 17.9. The molecule has 0 N–H and O–H groups in total. The Labute approximate surface area is 146 Å². The van der Waals surface area contributed by atoms with Crippen molar-refractivity contribution in [2.45, 2.75) is 20.3 Å². The maximum atomic E-state index is 12.4. The number of halogens is 1. The summed E-state index contributed by atoms with van der Waals surface area (Å²) < 4.78 is 0.875. The molecule has 2 rings (SSSR count). The average molecular weight is 382 g/mol. The van der Waals surface area contributed by atoms with Crippen LogP contribution in [-0.4, -0.2) is 61.4 Å². The van der Waals surface area contributed by atoms with Crippen LogP contribution in [0.25, 0.3) is 0 Å². The molecule has 5 nitrogen and oxygen atoms in total. The fraction of sp³-hybridized carbons (Fsp3) is 0.529. The van der Waals surface area contributed by atoms with Crippen LogP contribution in [0.15, 0.2) is 22.7 Å². The van der Waals surface area contributed by atoms with E-state index >= 15 is 0 Å². The number of hydrogen-bond acceptors (Lipinski definition) is 3. The van der Waals surface area contributed by atoms with Gasteiger partial charge < -0.3 is 14.7 Å². The van der Waals surface area contributed by atoms with Crippen molar-refractivity contribution in [3.05, 3.63) is 28.2 Å². The second kappa shape index (κ2) is 7.93. The summed E-state index contributed by atoms with van der Waals surface area (Å²) in [5, 5.41) is 0. The van der Waals surface area contributed by atoms with Gasteiger partial charge in [-0.3, -0.25) is 9.59 Å².